The summed E-state index contributed by atoms with van der Waals surface area (Å²) in [6.45, 7) is 8.37. The molecule has 45 heavy (non-hydrogen) atoms. The fourth-order valence-corrected chi connectivity index (χ4v) is 5.77. The highest BCUT2D eigenvalue weighted by molar-refractivity contribution is 6.07. The van der Waals surface area contributed by atoms with Crippen LogP contribution >= 0.6 is 0 Å². The number of amides is 2. The van der Waals surface area contributed by atoms with E-state index in [0.717, 1.165) is 31.9 Å². The summed E-state index contributed by atoms with van der Waals surface area (Å²) in [4.78, 5) is 42.2. The number of aryl methyl sites for hydroxylation is 1. The van der Waals surface area contributed by atoms with Crippen molar-refractivity contribution in [1.82, 2.24) is 4.90 Å². The van der Waals surface area contributed by atoms with Crippen LogP contribution in [0.4, 0.5) is 16.2 Å². The summed E-state index contributed by atoms with van der Waals surface area (Å²) in [7, 11) is 3.44. The number of likely N-dealkylation sites (N-methyl/N-ethyl adjacent to an activating group) is 1. The lowest BCUT2D eigenvalue weighted by molar-refractivity contribution is -0.304. The zero-order valence-corrected chi connectivity index (χ0v) is 25.7. The molecule has 3 heterocycles. The zero-order chi connectivity index (χ0) is 32.6. The first-order chi connectivity index (χ1) is 21.3. The molecule has 14 heteroatoms. The first-order valence-electron chi connectivity index (χ1n) is 14.5. The van der Waals surface area contributed by atoms with Crippen molar-refractivity contribution in [2.24, 2.45) is 5.73 Å². The Morgan fingerprint density at radius 2 is 1.84 bits per heavy atom. The number of carbonyl (C=O) groups excluding carboxylic acids is 2. The fraction of sp³-hybridized carbons (Fsp3) is 0.452. The number of rotatable bonds is 7. The third kappa shape index (κ3) is 6.40. The average molecular weight is 627 g/mol. The van der Waals surface area contributed by atoms with Crippen molar-refractivity contribution in [1.29, 1.82) is 0 Å². The number of carbonyl (C=O) groups is 2. The average Bonchev–Trinajstić information content (AvgIpc) is 2.99. The predicted octanol–water partition coefficient (Wildman–Crippen LogP) is 2.16. The highest BCUT2D eigenvalue weighted by Gasteiger charge is 2.53. The molecule has 0 unspecified atom stereocenters. The number of hydrogen-bond acceptors (Lipinski definition) is 12. The van der Waals surface area contributed by atoms with E-state index < -0.39 is 59.3 Å². The summed E-state index contributed by atoms with van der Waals surface area (Å²) in [5.74, 6) is -0.915. The van der Waals surface area contributed by atoms with Crippen molar-refractivity contribution in [3.63, 3.8) is 0 Å². The molecule has 2 aliphatic rings. The Bertz CT molecular complexity index is 1650. The number of benzene rings is 2. The molecule has 0 saturated carbocycles. The number of ether oxygens (including phenoxy) is 4. The van der Waals surface area contributed by atoms with Gasteiger partial charge in [-0.25, -0.2) is 9.59 Å². The number of anilines is 2. The molecule has 0 aliphatic carbocycles. The molecule has 0 radical (unpaired) electrons. The number of hydrogen-bond donors (Lipinski definition) is 4. The Balaban J connectivity index is 1.39. The van der Waals surface area contributed by atoms with Gasteiger partial charge in [0.15, 0.2) is 23.6 Å². The molecule has 5 N–H and O–H groups in total. The molecule has 2 saturated heterocycles. The van der Waals surface area contributed by atoms with E-state index in [2.05, 4.69) is 22.2 Å². The van der Waals surface area contributed by atoms with Gasteiger partial charge in [-0.1, -0.05) is 6.07 Å². The number of fused-ring (bicyclic) bond motifs is 1. The molecule has 2 amide bonds. The van der Waals surface area contributed by atoms with E-state index in [-0.39, 0.29) is 16.7 Å². The summed E-state index contributed by atoms with van der Waals surface area (Å²) in [6, 6.07) is 9.98. The van der Waals surface area contributed by atoms with Crippen molar-refractivity contribution in [2.75, 3.05) is 50.6 Å². The molecule has 2 fully saturated rings. The van der Waals surface area contributed by atoms with Crippen LogP contribution in [0.15, 0.2) is 45.6 Å². The fourth-order valence-electron chi connectivity index (χ4n) is 5.77. The highest BCUT2D eigenvalue weighted by atomic mass is 16.7. The quantitative estimate of drug-likeness (QED) is 0.281. The lowest BCUT2D eigenvalue weighted by Crippen LogP contribution is -2.65. The zero-order valence-electron chi connectivity index (χ0n) is 25.7. The van der Waals surface area contributed by atoms with Crippen LogP contribution < -0.4 is 26.3 Å². The number of piperazine rings is 1. The summed E-state index contributed by atoms with van der Waals surface area (Å²) >= 11 is 0. The number of primary amides is 1. The lowest BCUT2D eigenvalue weighted by atomic mass is 9.89. The van der Waals surface area contributed by atoms with Gasteiger partial charge >= 0.3 is 11.7 Å². The number of nitrogens with one attached hydrogen (secondary N) is 1. The van der Waals surface area contributed by atoms with Crippen LogP contribution in [0.3, 0.4) is 0 Å². The van der Waals surface area contributed by atoms with Gasteiger partial charge < -0.3 is 54.4 Å². The van der Waals surface area contributed by atoms with Crippen molar-refractivity contribution >= 4 is 34.3 Å². The van der Waals surface area contributed by atoms with E-state index >= 15 is 0 Å². The topological polar surface area (TPSA) is 186 Å². The maximum Gasteiger partial charge on any atom is 0.404 e. The standard InChI is InChI=1S/C31H38N4O10/c1-16-20(42-29-23(37)25(44-30(32)40)26(41-5)31(2,3)45-29)10-9-19-22(36)21(28(39)43-24(16)19)33-27(38)17-7-6-8-18(15-17)35-13-11-34(4)12-14-35/h6-10,15,23,25-26,29,36-37H,11-14H2,1-5H3,(H2,32,40)(H,33,38)/t23-,25+,26-,29-/m1/s1. The Kier molecular flexibility index (Phi) is 8.94. The minimum Gasteiger partial charge on any atom is -0.505 e. The molecular formula is C31H38N4O10. The SMILES string of the molecule is CO[C@@H]1[C@@H](OC(N)=O)[C@@H](O)[C@H](Oc2ccc3c(O)c(NC(=O)c4cccc(N5CCN(C)CC5)c4)c(=O)oc3c2C)OC1(C)C. The Hall–Kier alpha value is -4.37. The van der Waals surface area contributed by atoms with Crippen molar-refractivity contribution < 1.29 is 43.2 Å². The van der Waals surface area contributed by atoms with Crippen molar-refractivity contribution in [2.45, 2.75) is 51.0 Å². The highest BCUT2D eigenvalue weighted by Crippen LogP contribution is 2.38. The van der Waals surface area contributed by atoms with E-state index in [1.54, 1.807) is 39.0 Å². The van der Waals surface area contributed by atoms with Gasteiger partial charge in [-0.05, 0) is 58.2 Å². The number of methoxy groups -OCH3 is 1. The van der Waals surface area contributed by atoms with Gasteiger partial charge in [0.25, 0.3) is 5.91 Å². The number of nitrogens with zero attached hydrogens (tertiary/aromatic N) is 2. The van der Waals surface area contributed by atoms with Crippen molar-refractivity contribution in [3.05, 3.63) is 57.9 Å². The molecule has 2 aliphatic heterocycles. The van der Waals surface area contributed by atoms with Crippen molar-refractivity contribution in [3.8, 4) is 11.5 Å². The summed E-state index contributed by atoms with van der Waals surface area (Å²) < 4.78 is 28.0. The predicted molar refractivity (Wildman–Crippen MR) is 164 cm³/mol. The van der Waals surface area contributed by atoms with E-state index in [9.17, 15) is 24.6 Å². The Labute approximate surface area is 259 Å². The van der Waals surface area contributed by atoms with Gasteiger partial charge in [0, 0.05) is 50.1 Å². The largest absolute Gasteiger partial charge is 0.505 e. The van der Waals surface area contributed by atoms with Crippen LogP contribution in [0.1, 0.15) is 29.8 Å². The second-order valence-corrected chi connectivity index (χ2v) is 11.7. The molecule has 14 nitrogen and oxygen atoms in total. The lowest BCUT2D eigenvalue weighted by Gasteiger charge is -2.47. The monoisotopic (exact) mass is 626 g/mol. The van der Waals surface area contributed by atoms with E-state index in [0.29, 0.717) is 11.1 Å². The number of aromatic hydroxyl groups is 1. The van der Waals surface area contributed by atoms with Gasteiger partial charge in [0.2, 0.25) is 6.29 Å². The van der Waals surface area contributed by atoms with Gasteiger partial charge in [0.05, 0.1) is 11.0 Å². The molecule has 2 aromatic carbocycles. The number of nitrogens with two attached hydrogens (primary N) is 1. The molecule has 5 rings (SSSR count). The molecule has 0 spiro atoms. The minimum atomic E-state index is -1.50. The second kappa shape index (κ2) is 12.6. The van der Waals surface area contributed by atoms with Crippen LogP contribution in [0.5, 0.6) is 11.5 Å². The molecular weight excluding hydrogens is 588 g/mol. The normalized spacial score (nSPS) is 23.5. The number of aliphatic hydroxyl groups is 1. The molecule has 0 bridgehead atoms. The third-order valence-corrected chi connectivity index (χ3v) is 8.23. The first-order valence-corrected chi connectivity index (χ1v) is 14.5. The van der Waals surface area contributed by atoms with Gasteiger partial charge in [0.1, 0.15) is 17.4 Å². The summed E-state index contributed by atoms with van der Waals surface area (Å²) in [5, 5.41) is 24.7. The van der Waals surface area contributed by atoms with Crippen LogP contribution in [-0.4, -0.2) is 97.7 Å². The maximum atomic E-state index is 13.2. The van der Waals surface area contributed by atoms with Gasteiger partial charge in [-0.3, -0.25) is 4.79 Å². The van der Waals surface area contributed by atoms with Crippen LogP contribution in [0.2, 0.25) is 0 Å². The summed E-state index contributed by atoms with van der Waals surface area (Å²) in [5.41, 5.74) is 4.25. The molecule has 3 aromatic rings. The Morgan fingerprint density at radius 3 is 2.51 bits per heavy atom. The molecule has 1 aromatic heterocycles. The maximum absolute atomic E-state index is 13.2. The van der Waals surface area contributed by atoms with Gasteiger partial charge in [-0.2, -0.15) is 0 Å². The molecule has 242 valence electrons. The molecule has 4 atom stereocenters. The van der Waals surface area contributed by atoms with E-state index in [1.807, 2.05) is 6.07 Å². The summed E-state index contributed by atoms with van der Waals surface area (Å²) in [6.07, 6.45) is -6.03. The van der Waals surface area contributed by atoms with E-state index in [1.165, 1.54) is 19.2 Å². The Morgan fingerprint density at radius 1 is 1.13 bits per heavy atom. The smallest absolute Gasteiger partial charge is 0.404 e. The number of aliphatic hydroxyl groups excluding tert-OH is 1. The third-order valence-electron chi connectivity index (χ3n) is 8.23. The van der Waals surface area contributed by atoms with E-state index in [4.69, 9.17) is 29.1 Å². The minimum absolute atomic E-state index is 0.00525. The second-order valence-electron chi connectivity index (χ2n) is 11.7. The van der Waals surface area contributed by atoms with Crippen LogP contribution in [0.25, 0.3) is 11.0 Å². The van der Waals surface area contributed by atoms with Crippen LogP contribution in [-0.2, 0) is 14.2 Å². The van der Waals surface area contributed by atoms with Gasteiger partial charge in [-0.15, -0.1) is 0 Å². The van der Waals surface area contributed by atoms with Crippen LogP contribution in [0, 0.1) is 6.92 Å². The first kappa shape index (κ1) is 32.0.